The minimum Gasteiger partial charge on any atom is -0.302 e. The molecule has 1 aliphatic heterocycles. The highest BCUT2D eigenvalue weighted by molar-refractivity contribution is 5.52. The number of carbonyl (C=O) groups is 1. The zero-order valence-corrected chi connectivity index (χ0v) is 8.93. The van der Waals surface area contributed by atoms with Crippen molar-refractivity contribution in [3.05, 3.63) is 35.9 Å². The molecule has 1 aromatic carbocycles. The van der Waals surface area contributed by atoms with E-state index in [4.69, 9.17) is 0 Å². The number of nitrogens with zero attached hydrogens (tertiary/aromatic N) is 1. The van der Waals surface area contributed by atoms with Gasteiger partial charge in [-0.15, -0.1) is 0 Å². The summed E-state index contributed by atoms with van der Waals surface area (Å²) in [6.45, 7) is 1.62. The van der Waals surface area contributed by atoms with Crippen LogP contribution in [0.4, 0.5) is 0 Å². The average molecular weight is 203 g/mol. The van der Waals surface area contributed by atoms with Gasteiger partial charge in [-0.1, -0.05) is 36.8 Å². The molecule has 1 aromatic rings. The van der Waals surface area contributed by atoms with E-state index in [9.17, 15) is 4.79 Å². The van der Waals surface area contributed by atoms with E-state index in [1.54, 1.807) is 0 Å². The lowest BCUT2D eigenvalue weighted by molar-refractivity contribution is -0.109. The SMILES string of the molecule is O=CCN1CCCCC1c1ccccc1. The van der Waals surface area contributed by atoms with Gasteiger partial charge in [-0.25, -0.2) is 0 Å². The van der Waals surface area contributed by atoms with Gasteiger partial charge in [0, 0.05) is 6.04 Å². The molecule has 2 nitrogen and oxygen atoms in total. The van der Waals surface area contributed by atoms with Crippen molar-refractivity contribution >= 4 is 6.29 Å². The number of piperidine rings is 1. The second kappa shape index (κ2) is 5.08. The van der Waals surface area contributed by atoms with Gasteiger partial charge >= 0.3 is 0 Å². The number of likely N-dealkylation sites (tertiary alicyclic amines) is 1. The second-order valence-corrected chi connectivity index (χ2v) is 4.08. The Labute approximate surface area is 90.9 Å². The highest BCUT2D eigenvalue weighted by Gasteiger charge is 2.22. The summed E-state index contributed by atoms with van der Waals surface area (Å²) in [6, 6.07) is 11.0. The zero-order valence-electron chi connectivity index (χ0n) is 8.93. The molecule has 0 radical (unpaired) electrons. The molecule has 0 N–H and O–H groups in total. The first kappa shape index (κ1) is 10.4. The topological polar surface area (TPSA) is 20.3 Å². The molecule has 80 valence electrons. The second-order valence-electron chi connectivity index (χ2n) is 4.08. The van der Waals surface area contributed by atoms with E-state index < -0.39 is 0 Å². The third-order valence-electron chi connectivity index (χ3n) is 3.11. The number of carbonyl (C=O) groups excluding carboxylic acids is 1. The molecule has 0 aliphatic carbocycles. The smallest absolute Gasteiger partial charge is 0.134 e. The fourth-order valence-corrected chi connectivity index (χ4v) is 2.36. The minimum atomic E-state index is 0.449. The molecule has 1 aliphatic rings. The Bertz CT molecular complexity index is 310. The Morgan fingerprint density at radius 2 is 2.07 bits per heavy atom. The van der Waals surface area contributed by atoms with Crippen LogP contribution in [-0.4, -0.2) is 24.3 Å². The van der Waals surface area contributed by atoms with Crippen LogP contribution in [0.3, 0.4) is 0 Å². The molecule has 1 atom stereocenters. The van der Waals surface area contributed by atoms with Crippen molar-refractivity contribution in [2.24, 2.45) is 0 Å². The van der Waals surface area contributed by atoms with Crippen LogP contribution in [0.2, 0.25) is 0 Å². The molecule has 0 bridgehead atoms. The van der Waals surface area contributed by atoms with Crippen LogP contribution in [0.25, 0.3) is 0 Å². The third kappa shape index (κ3) is 2.45. The average Bonchev–Trinajstić information content (AvgIpc) is 2.31. The number of benzene rings is 1. The van der Waals surface area contributed by atoms with Crippen molar-refractivity contribution in [2.45, 2.75) is 25.3 Å². The Kier molecular flexibility index (Phi) is 3.51. The molecule has 2 rings (SSSR count). The van der Waals surface area contributed by atoms with Crippen molar-refractivity contribution in [3.63, 3.8) is 0 Å². The molecule has 1 unspecified atom stereocenters. The number of aldehydes is 1. The van der Waals surface area contributed by atoms with E-state index in [-0.39, 0.29) is 0 Å². The van der Waals surface area contributed by atoms with Crippen molar-refractivity contribution < 1.29 is 4.79 Å². The molecule has 0 saturated carbocycles. The molecule has 15 heavy (non-hydrogen) atoms. The first-order valence-corrected chi connectivity index (χ1v) is 5.64. The minimum absolute atomic E-state index is 0.449. The summed E-state index contributed by atoms with van der Waals surface area (Å²) in [6.07, 6.45) is 4.69. The Morgan fingerprint density at radius 1 is 1.27 bits per heavy atom. The predicted octanol–water partition coefficient (Wildman–Crippen LogP) is 2.41. The maximum Gasteiger partial charge on any atom is 0.134 e. The number of rotatable bonds is 3. The van der Waals surface area contributed by atoms with Crippen LogP contribution in [0.15, 0.2) is 30.3 Å². The molecule has 1 saturated heterocycles. The quantitative estimate of drug-likeness (QED) is 0.703. The number of hydrogen-bond acceptors (Lipinski definition) is 2. The summed E-state index contributed by atoms with van der Waals surface area (Å²) in [5.41, 5.74) is 1.35. The van der Waals surface area contributed by atoms with Crippen LogP contribution in [0, 0.1) is 0 Å². The van der Waals surface area contributed by atoms with Crippen LogP contribution in [0.5, 0.6) is 0 Å². The lowest BCUT2D eigenvalue weighted by atomic mass is 9.95. The van der Waals surface area contributed by atoms with Crippen LogP contribution in [0.1, 0.15) is 30.9 Å². The van der Waals surface area contributed by atoms with E-state index in [1.807, 2.05) is 6.07 Å². The largest absolute Gasteiger partial charge is 0.302 e. The first-order chi connectivity index (χ1) is 7.42. The van der Waals surface area contributed by atoms with Gasteiger partial charge in [0.15, 0.2) is 0 Å². The summed E-state index contributed by atoms with van der Waals surface area (Å²) >= 11 is 0. The highest BCUT2D eigenvalue weighted by Crippen LogP contribution is 2.29. The fraction of sp³-hybridized carbons (Fsp3) is 0.462. The normalized spacial score (nSPS) is 22.5. The van der Waals surface area contributed by atoms with E-state index >= 15 is 0 Å². The Morgan fingerprint density at radius 3 is 2.80 bits per heavy atom. The summed E-state index contributed by atoms with van der Waals surface area (Å²) in [4.78, 5) is 12.9. The van der Waals surface area contributed by atoms with Crippen LogP contribution in [-0.2, 0) is 4.79 Å². The Hall–Kier alpha value is -1.15. The molecular weight excluding hydrogens is 186 g/mol. The van der Waals surface area contributed by atoms with Gasteiger partial charge in [-0.2, -0.15) is 0 Å². The third-order valence-corrected chi connectivity index (χ3v) is 3.11. The summed E-state index contributed by atoms with van der Waals surface area (Å²) in [5.74, 6) is 0. The van der Waals surface area contributed by atoms with Gasteiger partial charge in [0.1, 0.15) is 6.29 Å². The summed E-state index contributed by atoms with van der Waals surface area (Å²) in [5, 5.41) is 0. The lowest BCUT2D eigenvalue weighted by Gasteiger charge is -2.34. The monoisotopic (exact) mass is 203 g/mol. The molecule has 1 heterocycles. The van der Waals surface area contributed by atoms with Gasteiger partial charge in [0.05, 0.1) is 6.54 Å². The first-order valence-electron chi connectivity index (χ1n) is 5.64. The zero-order chi connectivity index (χ0) is 10.5. The summed E-state index contributed by atoms with van der Waals surface area (Å²) in [7, 11) is 0. The van der Waals surface area contributed by atoms with Crippen molar-refractivity contribution in [1.82, 2.24) is 4.90 Å². The molecular formula is C13H17NO. The van der Waals surface area contributed by atoms with E-state index in [1.165, 1.54) is 24.8 Å². The molecule has 0 amide bonds. The molecule has 2 heteroatoms. The van der Waals surface area contributed by atoms with Gasteiger partial charge in [0.25, 0.3) is 0 Å². The predicted molar refractivity (Wildman–Crippen MR) is 60.7 cm³/mol. The maximum atomic E-state index is 10.6. The van der Waals surface area contributed by atoms with Crippen molar-refractivity contribution in [1.29, 1.82) is 0 Å². The van der Waals surface area contributed by atoms with Crippen LogP contribution >= 0.6 is 0 Å². The number of hydrogen-bond donors (Lipinski definition) is 0. The van der Waals surface area contributed by atoms with Crippen LogP contribution < -0.4 is 0 Å². The molecule has 1 fully saturated rings. The standard InChI is InChI=1S/C13H17NO/c15-11-10-14-9-5-4-8-13(14)12-6-2-1-3-7-12/h1-3,6-7,11,13H,4-5,8-10H2. The van der Waals surface area contributed by atoms with E-state index in [2.05, 4.69) is 29.2 Å². The van der Waals surface area contributed by atoms with Crippen molar-refractivity contribution in [2.75, 3.05) is 13.1 Å². The molecule has 0 spiro atoms. The van der Waals surface area contributed by atoms with Crippen molar-refractivity contribution in [3.8, 4) is 0 Å². The summed E-state index contributed by atoms with van der Waals surface area (Å²) < 4.78 is 0. The van der Waals surface area contributed by atoms with Gasteiger partial charge in [-0.05, 0) is 24.9 Å². The fourth-order valence-electron chi connectivity index (χ4n) is 2.36. The van der Waals surface area contributed by atoms with E-state index in [0.29, 0.717) is 12.6 Å². The maximum absolute atomic E-state index is 10.6. The Balaban J connectivity index is 2.14. The van der Waals surface area contributed by atoms with Gasteiger partial charge in [0.2, 0.25) is 0 Å². The highest BCUT2D eigenvalue weighted by atomic mass is 16.1. The molecule has 0 aromatic heterocycles. The van der Waals surface area contributed by atoms with Gasteiger partial charge in [-0.3, -0.25) is 4.90 Å². The van der Waals surface area contributed by atoms with Gasteiger partial charge < -0.3 is 4.79 Å². The van der Waals surface area contributed by atoms with E-state index in [0.717, 1.165) is 12.8 Å². The lowest BCUT2D eigenvalue weighted by Crippen LogP contribution is -2.34.